The number of aliphatic hydroxyl groups excluding tert-OH is 2. The summed E-state index contributed by atoms with van der Waals surface area (Å²) in [6.07, 6.45) is 0.165. The Kier molecular flexibility index (Phi) is 8.01. The van der Waals surface area contributed by atoms with E-state index in [0.29, 0.717) is 30.1 Å². The first-order valence-electron chi connectivity index (χ1n) is 11.9. The van der Waals surface area contributed by atoms with Crippen molar-refractivity contribution in [3.05, 3.63) is 64.2 Å². The van der Waals surface area contributed by atoms with Gasteiger partial charge in [0.25, 0.3) is 5.91 Å². The van der Waals surface area contributed by atoms with Crippen LogP contribution >= 0.6 is 11.6 Å². The van der Waals surface area contributed by atoms with Crippen LogP contribution in [0.3, 0.4) is 0 Å². The van der Waals surface area contributed by atoms with E-state index in [9.17, 15) is 18.3 Å². The predicted molar refractivity (Wildman–Crippen MR) is 140 cm³/mol. The fourth-order valence-corrected chi connectivity index (χ4v) is 6.18. The summed E-state index contributed by atoms with van der Waals surface area (Å²) < 4.78 is 27.6. The Hall–Kier alpha value is -2.50. The van der Waals surface area contributed by atoms with Gasteiger partial charge in [-0.05, 0) is 61.6 Å². The van der Waals surface area contributed by atoms with Gasteiger partial charge in [-0.25, -0.2) is 12.7 Å². The number of amidine groups is 1. The normalized spacial score (nSPS) is 18.7. The lowest BCUT2D eigenvalue weighted by molar-refractivity contribution is -0.124. The second-order valence-corrected chi connectivity index (χ2v) is 11.8. The van der Waals surface area contributed by atoms with Crippen molar-refractivity contribution in [1.29, 1.82) is 0 Å². The fraction of sp³-hybridized carbons (Fsp3) is 0.440. The number of hydrogen-bond acceptors (Lipinski definition) is 7. The number of benzene rings is 2. The van der Waals surface area contributed by atoms with Crippen molar-refractivity contribution in [2.45, 2.75) is 37.8 Å². The number of rotatable bonds is 9. The fourth-order valence-electron chi connectivity index (χ4n) is 4.52. The van der Waals surface area contributed by atoms with Gasteiger partial charge in [0.2, 0.25) is 10.0 Å². The van der Waals surface area contributed by atoms with Crippen molar-refractivity contribution in [1.82, 2.24) is 9.62 Å². The summed E-state index contributed by atoms with van der Waals surface area (Å²) in [5.74, 6) is 0.239. The third-order valence-corrected chi connectivity index (χ3v) is 8.85. The van der Waals surface area contributed by atoms with E-state index in [1.165, 1.54) is 4.31 Å². The lowest BCUT2D eigenvalue weighted by Gasteiger charge is -2.34. The van der Waals surface area contributed by atoms with Crippen LogP contribution in [0.25, 0.3) is 0 Å². The van der Waals surface area contributed by atoms with E-state index in [1.807, 2.05) is 31.2 Å². The number of aliphatic imine (C=N–C) groups is 1. The first-order valence-corrected chi connectivity index (χ1v) is 13.9. The molecule has 1 spiro atoms. The molecule has 4 N–H and O–H groups in total. The van der Waals surface area contributed by atoms with Crippen molar-refractivity contribution in [3.8, 4) is 0 Å². The molecule has 9 nitrogen and oxygen atoms in total. The molecule has 2 aliphatic heterocycles. The van der Waals surface area contributed by atoms with Crippen LogP contribution in [-0.4, -0.2) is 78.3 Å². The van der Waals surface area contributed by atoms with Gasteiger partial charge < -0.3 is 20.8 Å². The highest BCUT2D eigenvalue weighted by molar-refractivity contribution is 7.89. The van der Waals surface area contributed by atoms with Crippen molar-refractivity contribution < 1.29 is 23.4 Å². The van der Waals surface area contributed by atoms with E-state index in [0.717, 1.165) is 22.4 Å². The highest BCUT2D eigenvalue weighted by Crippen LogP contribution is 2.32. The van der Waals surface area contributed by atoms with E-state index >= 15 is 0 Å². The Morgan fingerprint density at radius 2 is 1.97 bits per heavy atom. The summed E-state index contributed by atoms with van der Waals surface area (Å²) in [6, 6.07) is 12.7. The Bertz CT molecular complexity index is 1260. The summed E-state index contributed by atoms with van der Waals surface area (Å²) in [6.45, 7) is 2.28. The van der Waals surface area contributed by atoms with Gasteiger partial charge in [0.15, 0.2) is 0 Å². The molecule has 2 heterocycles. The van der Waals surface area contributed by atoms with Crippen molar-refractivity contribution in [2.75, 3.05) is 37.3 Å². The number of nitrogens with zero attached hydrogens (tertiary/aromatic N) is 2. The molecule has 0 saturated carbocycles. The average Bonchev–Trinajstić information content (AvgIpc) is 3.17. The molecule has 1 atom stereocenters. The molecule has 0 radical (unpaired) electrons. The molecule has 2 aromatic rings. The second kappa shape index (κ2) is 10.9. The first-order chi connectivity index (χ1) is 17.1. The molecule has 1 saturated heterocycles. The maximum absolute atomic E-state index is 13.1. The molecule has 0 bridgehead atoms. The van der Waals surface area contributed by atoms with Crippen LogP contribution < -0.4 is 10.6 Å². The Morgan fingerprint density at radius 1 is 1.22 bits per heavy atom. The van der Waals surface area contributed by atoms with E-state index in [2.05, 4.69) is 15.6 Å². The number of sulfonamides is 1. The average molecular weight is 535 g/mol. The van der Waals surface area contributed by atoms with Crippen LogP contribution in [0.1, 0.15) is 29.5 Å². The van der Waals surface area contributed by atoms with E-state index in [4.69, 9.17) is 16.7 Å². The summed E-state index contributed by atoms with van der Waals surface area (Å²) in [4.78, 5) is 17.5. The highest BCUT2D eigenvalue weighted by Gasteiger charge is 2.47. The van der Waals surface area contributed by atoms with Gasteiger partial charge in [0, 0.05) is 35.9 Å². The summed E-state index contributed by atoms with van der Waals surface area (Å²) in [5.41, 5.74) is 2.43. The number of hydrogen-bond donors (Lipinski definition) is 4. The van der Waals surface area contributed by atoms with Crippen molar-refractivity contribution in [2.24, 2.45) is 4.99 Å². The quantitative estimate of drug-likeness (QED) is 0.387. The first kappa shape index (κ1) is 26.6. The van der Waals surface area contributed by atoms with Gasteiger partial charge in [-0.3, -0.25) is 9.79 Å². The molecule has 0 unspecified atom stereocenters. The van der Waals surface area contributed by atoms with Gasteiger partial charge in [-0.15, -0.1) is 0 Å². The van der Waals surface area contributed by atoms with Crippen LogP contribution in [-0.2, 0) is 21.2 Å². The molecule has 4 rings (SSSR count). The van der Waals surface area contributed by atoms with Crippen LogP contribution in [0.15, 0.2) is 47.5 Å². The Labute approximate surface area is 216 Å². The molecular formula is C25H31ClN4O5S. The van der Waals surface area contributed by atoms with Crippen LogP contribution in [0.2, 0.25) is 5.02 Å². The topological polar surface area (TPSA) is 131 Å². The molecule has 0 aliphatic carbocycles. The minimum absolute atomic E-state index is 0.0277. The largest absolute Gasteiger partial charge is 0.394 e. The second-order valence-electron chi connectivity index (χ2n) is 9.28. The molecule has 194 valence electrons. The van der Waals surface area contributed by atoms with Gasteiger partial charge in [-0.2, -0.15) is 0 Å². The number of aliphatic hydroxyl groups is 2. The molecular weight excluding hydrogens is 504 g/mol. The number of amides is 1. The molecule has 1 fully saturated rings. The number of piperidine rings is 1. The smallest absolute Gasteiger partial charge is 0.253 e. The van der Waals surface area contributed by atoms with Crippen LogP contribution in [0.5, 0.6) is 0 Å². The minimum atomic E-state index is -3.51. The summed E-state index contributed by atoms with van der Waals surface area (Å²) >= 11 is 6.07. The third kappa shape index (κ3) is 5.90. The number of anilines is 1. The lowest BCUT2D eigenvalue weighted by atomic mass is 9.89. The van der Waals surface area contributed by atoms with E-state index in [-0.39, 0.29) is 37.9 Å². The van der Waals surface area contributed by atoms with Crippen molar-refractivity contribution in [3.63, 3.8) is 0 Å². The summed E-state index contributed by atoms with van der Waals surface area (Å²) in [5, 5.41) is 24.8. The SMILES string of the molecule is Cc1cc(NC[C@H](O)CO)ccc1CCS(=O)(=O)N1CCC2(CC1)N=C(c1cccc(Cl)c1)NC2=O. The monoisotopic (exact) mass is 534 g/mol. The highest BCUT2D eigenvalue weighted by atomic mass is 35.5. The lowest BCUT2D eigenvalue weighted by Crippen LogP contribution is -2.50. The maximum Gasteiger partial charge on any atom is 0.253 e. The van der Waals surface area contributed by atoms with E-state index in [1.54, 1.807) is 18.2 Å². The minimum Gasteiger partial charge on any atom is -0.394 e. The molecule has 2 aromatic carbocycles. The molecule has 11 heteroatoms. The number of carbonyl (C=O) groups excluding carboxylic acids is 1. The van der Waals surface area contributed by atoms with Gasteiger partial charge in [0.1, 0.15) is 11.4 Å². The Balaban J connectivity index is 1.35. The number of aryl methyl sites for hydroxylation is 2. The standard InChI is InChI=1S/C25H31ClN4O5S/c1-17-13-21(27-15-22(32)16-31)6-5-18(17)7-12-36(34,35)30-10-8-25(9-11-30)24(33)28-23(29-25)19-3-2-4-20(26)14-19/h2-6,13-14,22,27,31-32H,7-12,15-16H2,1H3,(H,28,29,33)/t22-/m0/s1. The zero-order valence-electron chi connectivity index (χ0n) is 20.1. The molecule has 1 amide bonds. The third-order valence-electron chi connectivity index (χ3n) is 6.75. The maximum atomic E-state index is 13.1. The summed E-state index contributed by atoms with van der Waals surface area (Å²) in [7, 11) is -3.51. The zero-order chi connectivity index (χ0) is 25.9. The number of halogens is 1. The predicted octanol–water partition coefficient (Wildman–Crippen LogP) is 1.70. The molecule has 36 heavy (non-hydrogen) atoms. The molecule has 2 aliphatic rings. The molecule has 0 aromatic heterocycles. The van der Waals surface area contributed by atoms with Gasteiger partial charge >= 0.3 is 0 Å². The Morgan fingerprint density at radius 3 is 2.64 bits per heavy atom. The van der Waals surface area contributed by atoms with Crippen molar-refractivity contribution >= 4 is 39.1 Å². The van der Waals surface area contributed by atoms with Gasteiger partial charge in [0.05, 0.1) is 18.5 Å². The van der Waals surface area contributed by atoms with E-state index < -0.39 is 21.7 Å². The van der Waals surface area contributed by atoms with Crippen LogP contribution in [0, 0.1) is 6.92 Å². The van der Waals surface area contributed by atoms with Gasteiger partial charge in [-0.1, -0.05) is 29.8 Å². The number of carbonyl (C=O) groups is 1. The van der Waals surface area contributed by atoms with Crippen LogP contribution in [0.4, 0.5) is 5.69 Å². The number of nitrogens with one attached hydrogen (secondary N) is 2. The zero-order valence-corrected chi connectivity index (χ0v) is 21.6.